The first-order valence-corrected chi connectivity index (χ1v) is 7.96. The van der Waals surface area contributed by atoms with E-state index in [9.17, 15) is 14.9 Å². The van der Waals surface area contributed by atoms with Crippen molar-refractivity contribution < 1.29 is 14.5 Å². The normalized spacial score (nSPS) is 18.0. The number of non-ortho nitro benzene ring substituents is 1. The number of nitro groups is 1. The summed E-state index contributed by atoms with van der Waals surface area (Å²) in [7, 11) is 0. The predicted octanol–water partition coefficient (Wildman–Crippen LogP) is 3.72. The molecule has 1 heterocycles. The van der Waals surface area contributed by atoms with E-state index in [-0.39, 0.29) is 22.7 Å². The van der Waals surface area contributed by atoms with E-state index in [1.165, 1.54) is 24.6 Å². The molecule has 0 aliphatic carbocycles. The van der Waals surface area contributed by atoms with Gasteiger partial charge in [-0.1, -0.05) is 11.6 Å². The Morgan fingerprint density at radius 3 is 2.95 bits per heavy atom. The van der Waals surface area contributed by atoms with Gasteiger partial charge in [0.05, 0.1) is 15.3 Å². The third-order valence-corrected chi connectivity index (χ3v) is 4.70. The molecular formula is C13H15ClN2O4S. The molecule has 6 nitrogen and oxygen atoms in total. The summed E-state index contributed by atoms with van der Waals surface area (Å²) in [6.07, 6.45) is 2.73. The predicted molar refractivity (Wildman–Crippen MR) is 81.5 cm³/mol. The molecule has 1 N–H and O–H groups in total. The Kier molecular flexibility index (Phi) is 5.69. The zero-order valence-corrected chi connectivity index (χ0v) is 12.8. The average molecular weight is 331 g/mol. The Morgan fingerprint density at radius 1 is 1.52 bits per heavy atom. The number of amides is 1. The summed E-state index contributed by atoms with van der Waals surface area (Å²) >= 11 is 7.64. The summed E-state index contributed by atoms with van der Waals surface area (Å²) in [5, 5.41) is 13.7. The van der Waals surface area contributed by atoms with Gasteiger partial charge in [-0.15, -0.1) is 11.8 Å². The van der Waals surface area contributed by atoms with Gasteiger partial charge in [0, 0.05) is 17.7 Å². The summed E-state index contributed by atoms with van der Waals surface area (Å²) in [5.74, 6) is 1.04. The van der Waals surface area contributed by atoms with Gasteiger partial charge in [-0.25, -0.2) is 4.79 Å². The van der Waals surface area contributed by atoms with E-state index in [0.29, 0.717) is 5.56 Å². The SMILES string of the molecule is O=C(NC1CCCCS1)OCc1ccc([N+](=O)[O-])cc1Cl. The summed E-state index contributed by atoms with van der Waals surface area (Å²) in [6, 6.07) is 4.07. The monoisotopic (exact) mass is 330 g/mol. The minimum atomic E-state index is -0.524. The molecule has 1 atom stereocenters. The van der Waals surface area contributed by atoms with E-state index in [1.807, 2.05) is 0 Å². The van der Waals surface area contributed by atoms with Crippen molar-refractivity contribution in [3.63, 3.8) is 0 Å². The molecule has 1 aromatic carbocycles. The van der Waals surface area contributed by atoms with Crippen molar-refractivity contribution in [1.82, 2.24) is 5.32 Å². The Labute approximate surface area is 131 Å². The number of benzene rings is 1. The first kappa shape index (κ1) is 15.9. The van der Waals surface area contributed by atoms with E-state index in [4.69, 9.17) is 16.3 Å². The quantitative estimate of drug-likeness (QED) is 0.672. The number of nitrogens with one attached hydrogen (secondary N) is 1. The van der Waals surface area contributed by atoms with Crippen LogP contribution in [-0.2, 0) is 11.3 Å². The van der Waals surface area contributed by atoms with Crippen molar-refractivity contribution >= 4 is 35.1 Å². The number of carbonyl (C=O) groups is 1. The molecule has 0 saturated carbocycles. The third kappa shape index (κ3) is 4.78. The molecule has 1 saturated heterocycles. The van der Waals surface area contributed by atoms with E-state index < -0.39 is 11.0 Å². The van der Waals surface area contributed by atoms with Gasteiger partial charge in [0.2, 0.25) is 0 Å². The summed E-state index contributed by atoms with van der Waals surface area (Å²) in [5.41, 5.74) is 0.445. The molecule has 0 bridgehead atoms. The molecule has 1 fully saturated rings. The number of alkyl carbamates (subject to hydrolysis) is 1. The number of thioether (sulfide) groups is 1. The summed E-state index contributed by atoms with van der Waals surface area (Å²) < 4.78 is 5.09. The van der Waals surface area contributed by atoms with Crippen LogP contribution in [0, 0.1) is 10.1 Å². The first-order valence-electron chi connectivity index (χ1n) is 6.54. The third-order valence-electron chi connectivity index (χ3n) is 3.06. The van der Waals surface area contributed by atoms with Gasteiger partial charge in [0.15, 0.2) is 0 Å². The van der Waals surface area contributed by atoms with Crippen molar-refractivity contribution in [3.05, 3.63) is 38.9 Å². The highest BCUT2D eigenvalue weighted by atomic mass is 35.5. The van der Waals surface area contributed by atoms with Gasteiger partial charge < -0.3 is 10.1 Å². The first-order chi connectivity index (χ1) is 10.1. The Bertz CT molecular complexity index is 535. The number of carbonyl (C=O) groups excluding carboxylic acids is 1. The molecule has 1 amide bonds. The van der Waals surface area contributed by atoms with Gasteiger partial charge >= 0.3 is 6.09 Å². The fourth-order valence-corrected chi connectivity index (χ4v) is 3.34. The molecule has 1 unspecified atom stereocenters. The zero-order chi connectivity index (χ0) is 15.2. The van der Waals surface area contributed by atoms with Crippen molar-refractivity contribution in [2.45, 2.75) is 31.2 Å². The van der Waals surface area contributed by atoms with Crippen LogP contribution < -0.4 is 5.32 Å². The maximum Gasteiger partial charge on any atom is 0.408 e. The standard InChI is InChI=1S/C13H15ClN2O4S/c14-11-7-10(16(18)19)5-4-9(11)8-20-13(17)15-12-3-1-2-6-21-12/h4-5,7,12H,1-3,6,8H2,(H,15,17). The molecule has 1 aliphatic heterocycles. The number of nitrogens with zero attached hydrogens (tertiary/aromatic N) is 1. The zero-order valence-electron chi connectivity index (χ0n) is 11.2. The maximum absolute atomic E-state index is 11.7. The van der Waals surface area contributed by atoms with Crippen molar-refractivity contribution in [2.24, 2.45) is 0 Å². The van der Waals surface area contributed by atoms with Crippen LogP contribution in [0.1, 0.15) is 24.8 Å². The van der Waals surface area contributed by atoms with Crippen LogP contribution in [0.15, 0.2) is 18.2 Å². The number of hydrogen-bond acceptors (Lipinski definition) is 5. The minimum Gasteiger partial charge on any atom is -0.445 e. The highest BCUT2D eigenvalue weighted by Gasteiger charge is 2.17. The fourth-order valence-electron chi connectivity index (χ4n) is 1.94. The van der Waals surface area contributed by atoms with Gasteiger partial charge in [-0.3, -0.25) is 10.1 Å². The van der Waals surface area contributed by atoms with Crippen molar-refractivity contribution in [1.29, 1.82) is 0 Å². The highest BCUT2D eigenvalue weighted by molar-refractivity contribution is 7.99. The Hall–Kier alpha value is -1.47. The summed E-state index contributed by atoms with van der Waals surface area (Å²) in [6.45, 7) is -0.0138. The van der Waals surface area contributed by atoms with Crippen LogP contribution in [-0.4, -0.2) is 22.1 Å². The minimum absolute atomic E-state index is 0.0138. The van der Waals surface area contributed by atoms with Crippen LogP contribution in [0.25, 0.3) is 0 Å². The number of nitro benzene ring substituents is 1. The maximum atomic E-state index is 11.7. The fraction of sp³-hybridized carbons (Fsp3) is 0.462. The molecule has 0 radical (unpaired) electrons. The largest absolute Gasteiger partial charge is 0.445 e. The van der Waals surface area contributed by atoms with Crippen LogP contribution in [0.2, 0.25) is 5.02 Å². The lowest BCUT2D eigenvalue weighted by Gasteiger charge is -2.21. The number of halogens is 1. The number of rotatable bonds is 4. The number of hydrogen-bond donors (Lipinski definition) is 1. The second kappa shape index (κ2) is 7.51. The highest BCUT2D eigenvalue weighted by Crippen LogP contribution is 2.24. The lowest BCUT2D eigenvalue weighted by molar-refractivity contribution is -0.384. The number of ether oxygens (including phenoxy) is 1. The molecule has 21 heavy (non-hydrogen) atoms. The van der Waals surface area contributed by atoms with E-state index in [0.717, 1.165) is 18.6 Å². The second-order valence-electron chi connectivity index (χ2n) is 4.61. The molecule has 8 heteroatoms. The molecular weight excluding hydrogens is 316 g/mol. The smallest absolute Gasteiger partial charge is 0.408 e. The van der Waals surface area contributed by atoms with E-state index in [2.05, 4.69) is 5.32 Å². The Morgan fingerprint density at radius 2 is 2.33 bits per heavy atom. The van der Waals surface area contributed by atoms with Crippen LogP contribution in [0.3, 0.4) is 0 Å². The second-order valence-corrected chi connectivity index (χ2v) is 6.33. The molecule has 0 aromatic heterocycles. The van der Waals surface area contributed by atoms with Gasteiger partial charge in [-0.2, -0.15) is 0 Å². The Balaban J connectivity index is 1.84. The van der Waals surface area contributed by atoms with Gasteiger partial charge in [-0.05, 0) is 31.1 Å². The van der Waals surface area contributed by atoms with Gasteiger partial charge in [0.25, 0.3) is 5.69 Å². The molecule has 1 aromatic rings. The van der Waals surface area contributed by atoms with Gasteiger partial charge in [0.1, 0.15) is 6.61 Å². The van der Waals surface area contributed by atoms with Crippen LogP contribution in [0.4, 0.5) is 10.5 Å². The lowest BCUT2D eigenvalue weighted by atomic mass is 10.2. The van der Waals surface area contributed by atoms with E-state index in [1.54, 1.807) is 11.8 Å². The van der Waals surface area contributed by atoms with Crippen molar-refractivity contribution in [2.75, 3.05) is 5.75 Å². The van der Waals surface area contributed by atoms with Crippen molar-refractivity contribution in [3.8, 4) is 0 Å². The molecule has 2 rings (SSSR count). The van der Waals surface area contributed by atoms with Crippen LogP contribution >= 0.6 is 23.4 Å². The summed E-state index contributed by atoms with van der Waals surface area (Å²) in [4.78, 5) is 21.7. The van der Waals surface area contributed by atoms with Crippen LogP contribution in [0.5, 0.6) is 0 Å². The molecule has 114 valence electrons. The molecule has 1 aliphatic rings. The van der Waals surface area contributed by atoms with E-state index >= 15 is 0 Å². The molecule has 0 spiro atoms. The average Bonchev–Trinajstić information content (AvgIpc) is 2.47. The topological polar surface area (TPSA) is 81.5 Å². The lowest BCUT2D eigenvalue weighted by Crippen LogP contribution is -2.34.